The molecule has 0 aromatic heterocycles. The highest BCUT2D eigenvalue weighted by molar-refractivity contribution is 6.83. The van der Waals surface area contributed by atoms with E-state index in [9.17, 15) is 0 Å². The third kappa shape index (κ3) is 7.39. The molecule has 0 rings (SSSR count). The fourth-order valence-corrected chi connectivity index (χ4v) is 4.65. The fourth-order valence-electron chi connectivity index (χ4n) is 3.01. The second-order valence-corrected chi connectivity index (χ2v) is 12.2. The van der Waals surface area contributed by atoms with Crippen molar-refractivity contribution < 1.29 is 0 Å². The lowest BCUT2D eigenvalue weighted by molar-refractivity contribution is 0.719. The molecule has 0 aliphatic carbocycles. The van der Waals surface area contributed by atoms with E-state index in [4.69, 9.17) is 0 Å². The van der Waals surface area contributed by atoms with Crippen molar-refractivity contribution in [3.63, 3.8) is 0 Å². The first-order valence-electron chi connectivity index (χ1n) is 8.61. The highest BCUT2D eigenvalue weighted by Gasteiger charge is 2.24. The van der Waals surface area contributed by atoms with E-state index in [2.05, 4.69) is 53.4 Å². The van der Waals surface area contributed by atoms with Gasteiger partial charge in [-0.3, -0.25) is 0 Å². The molecule has 0 aliphatic heterocycles. The molecule has 19 heavy (non-hydrogen) atoms. The summed E-state index contributed by atoms with van der Waals surface area (Å²) in [4.78, 5) is 0. The van der Waals surface area contributed by atoms with Crippen LogP contribution in [0, 0.1) is 0 Å². The summed E-state index contributed by atoms with van der Waals surface area (Å²) in [6, 6.07) is 0. The molecule has 0 radical (unpaired) electrons. The first-order valence-corrected chi connectivity index (χ1v) is 12.1. The van der Waals surface area contributed by atoms with Gasteiger partial charge in [-0.2, -0.15) is 0 Å². The Morgan fingerprint density at radius 3 is 1.95 bits per heavy atom. The molecule has 1 atom stereocenters. The number of unbranched alkanes of at least 4 members (excludes halogenated alkanes) is 2. The third-order valence-corrected chi connectivity index (χ3v) is 6.90. The van der Waals surface area contributed by atoms with Gasteiger partial charge < -0.3 is 0 Å². The Bertz CT molecular complexity index is 248. The second-order valence-electron chi connectivity index (χ2n) is 7.05. The molecule has 0 heterocycles. The van der Waals surface area contributed by atoms with Crippen LogP contribution >= 0.6 is 0 Å². The molecule has 112 valence electrons. The van der Waals surface area contributed by atoms with Gasteiger partial charge in [-0.05, 0) is 18.7 Å². The number of rotatable bonds is 10. The predicted molar refractivity (Wildman–Crippen MR) is 96.3 cm³/mol. The number of allylic oxidation sites excluding steroid dienone is 2. The monoisotopic (exact) mass is 280 g/mol. The molecule has 0 saturated carbocycles. The van der Waals surface area contributed by atoms with E-state index < -0.39 is 8.07 Å². The van der Waals surface area contributed by atoms with Crippen LogP contribution in [0.25, 0.3) is 0 Å². The van der Waals surface area contributed by atoms with Gasteiger partial charge in [0, 0.05) is 0 Å². The molecule has 1 unspecified atom stereocenters. The Hall–Kier alpha value is 0.0218. The summed E-state index contributed by atoms with van der Waals surface area (Å²) in [5, 5.41) is 1.83. The molecule has 0 saturated heterocycles. The molecule has 2 heteroatoms. The molecule has 0 nitrogen and oxygen atoms in total. The maximum Gasteiger partial charge on any atom is 0.146 e. The van der Waals surface area contributed by atoms with Crippen molar-refractivity contribution in [2.24, 2.45) is 0 Å². The topological polar surface area (TPSA) is 0 Å². The van der Waals surface area contributed by atoms with Crippen LogP contribution in [0.2, 0.25) is 38.1 Å². The summed E-state index contributed by atoms with van der Waals surface area (Å²) in [6.07, 6.45) is 12.2. The van der Waals surface area contributed by atoms with Gasteiger partial charge in [0.15, 0.2) is 0 Å². The zero-order chi connectivity index (χ0) is 14.9. The highest BCUT2D eigenvalue weighted by atomic mass is 28.3. The standard InChI is InChI=1S/C17H37BSi/c1-8-12-13-14-17(19(5,6)7)15-16(9-2)18(10-3)11-4/h15-16H,8-14H2,1-7H3/b17-15+. The summed E-state index contributed by atoms with van der Waals surface area (Å²) in [5.41, 5.74) is 0. The van der Waals surface area contributed by atoms with Crippen LogP contribution in [-0.4, -0.2) is 14.8 Å². The minimum absolute atomic E-state index is 0.818. The quantitative estimate of drug-likeness (QED) is 0.309. The van der Waals surface area contributed by atoms with E-state index in [-0.39, 0.29) is 0 Å². The average Bonchev–Trinajstić information content (AvgIpc) is 2.35. The first-order chi connectivity index (χ1) is 8.90. The van der Waals surface area contributed by atoms with E-state index in [1.165, 1.54) is 44.7 Å². The molecule has 0 fully saturated rings. The largest absolute Gasteiger partial charge is 0.146 e. The van der Waals surface area contributed by atoms with Crippen LogP contribution in [0.5, 0.6) is 0 Å². The van der Waals surface area contributed by atoms with Crippen LogP contribution in [0.3, 0.4) is 0 Å². The fraction of sp³-hybridized carbons (Fsp3) is 0.882. The maximum absolute atomic E-state index is 2.71. The second kappa shape index (κ2) is 9.85. The summed E-state index contributed by atoms with van der Waals surface area (Å²) >= 11 is 0. The van der Waals surface area contributed by atoms with E-state index >= 15 is 0 Å². The van der Waals surface area contributed by atoms with Crippen molar-refractivity contribution in [3.8, 4) is 0 Å². The van der Waals surface area contributed by atoms with Crippen molar-refractivity contribution in [3.05, 3.63) is 11.3 Å². The highest BCUT2D eigenvalue weighted by Crippen LogP contribution is 2.29. The Balaban J connectivity index is 4.93. The Morgan fingerprint density at radius 2 is 1.58 bits per heavy atom. The average molecular weight is 280 g/mol. The summed E-state index contributed by atoms with van der Waals surface area (Å²) in [5.74, 6) is 0.818. The molecular formula is C17H37BSi. The minimum Gasteiger partial charge on any atom is -0.0933 e. The van der Waals surface area contributed by atoms with E-state index in [1.807, 2.05) is 5.20 Å². The summed E-state index contributed by atoms with van der Waals surface area (Å²) in [7, 11) is -1.13. The van der Waals surface area contributed by atoms with E-state index in [0.717, 1.165) is 12.5 Å². The molecule has 0 aromatic carbocycles. The lowest BCUT2D eigenvalue weighted by atomic mass is 9.37. The number of hydrogen-bond acceptors (Lipinski definition) is 0. The van der Waals surface area contributed by atoms with Crippen LogP contribution in [0.1, 0.15) is 59.8 Å². The van der Waals surface area contributed by atoms with Crippen molar-refractivity contribution in [2.75, 3.05) is 0 Å². The lowest BCUT2D eigenvalue weighted by Crippen LogP contribution is -2.26. The normalized spacial score (nSPS) is 14.6. The number of hydrogen-bond donors (Lipinski definition) is 0. The van der Waals surface area contributed by atoms with Crippen LogP contribution in [0.15, 0.2) is 11.3 Å². The summed E-state index contributed by atoms with van der Waals surface area (Å²) < 4.78 is 0. The van der Waals surface area contributed by atoms with Gasteiger partial charge in [0.05, 0.1) is 8.07 Å². The van der Waals surface area contributed by atoms with Crippen molar-refractivity contribution in [1.29, 1.82) is 0 Å². The molecule has 0 aromatic rings. The van der Waals surface area contributed by atoms with E-state index in [1.54, 1.807) is 0 Å². The lowest BCUT2D eigenvalue weighted by Gasteiger charge is -2.26. The van der Waals surface area contributed by atoms with Gasteiger partial charge in [0.1, 0.15) is 6.71 Å². The Morgan fingerprint density at radius 1 is 1.00 bits per heavy atom. The van der Waals surface area contributed by atoms with Crippen molar-refractivity contribution in [2.45, 2.75) is 97.9 Å². The molecule has 0 bridgehead atoms. The van der Waals surface area contributed by atoms with Gasteiger partial charge in [-0.15, -0.1) is 0 Å². The zero-order valence-electron chi connectivity index (χ0n) is 14.7. The Kier molecular flexibility index (Phi) is 9.86. The zero-order valence-corrected chi connectivity index (χ0v) is 15.7. The SMILES string of the molecule is CCCCC/C(=C\C(CC)B(CC)CC)[Si](C)(C)C. The van der Waals surface area contributed by atoms with Gasteiger partial charge in [0.2, 0.25) is 0 Å². The first kappa shape index (κ1) is 19.0. The maximum atomic E-state index is 2.71. The van der Waals surface area contributed by atoms with Crippen LogP contribution < -0.4 is 0 Å². The van der Waals surface area contributed by atoms with Crippen molar-refractivity contribution in [1.82, 2.24) is 0 Å². The van der Waals surface area contributed by atoms with Crippen LogP contribution in [0.4, 0.5) is 0 Å². The van der Waals surface area contributed by atoms with Crippen LogP contribution in [-0.2, 0) is 0 Å². The van der Waals surface area contributed by atoms with Gasteiger partial charge in [-0.25, -0.2) is 0 Å². The van der Waals surface area contributed by atoms with Gasteiger partial charge in [0.25, 0.3) is 0 Å². The third-order valence-electron chi connectivity index (χ3n) is 4.55. The van der Waals surface area contributed by atoms with Gasteiger partial charge >= 0.3 is 0 Å². The molecule has 0 spiro atoms. The Labute approximate surface area is 124 Å². The summed E-state index contributed by atoms with van der Waals surface area (Å²) in [6.45, 7) is 17.8. The van der Waals surface area contributed by atoms with E-state index in [0.29, 0.717) is 0 Å². The molecule has 0 N–H and O–H groups in total. The molecule has 0 amide bonds. The smallest absolute Gasteiger partial charge is 0.0933 e. The predicted octanol–water partition coefficient (Wildman–Crippen LogP) is 6.69. The van der Waals surface area contributed by atoms with Crippen molar-refractivity contribution >= 4 is 14.8 Å². The molecular weight excluding hydrogens is 243 g/mol. The minimum atomic E-state index is -1.13. The van der Waals surface area contributed by atoms with Gasteiger partial charge in [-0.1, -0.05) is 90.5 Å². The molecule has 0 aliphatic rings.